The molecular formula is C14H18N2O5. The van der Waals surface area contributed by atoms with Gasteiger partial charge in [0.25, 0.3) is 0 Å². The summed E-state index contributed by atoms with van der Waals surface area (Å²) in [5.74, 6) is 1.07. The van der Waals surface area contributed by atoms with Crippen molar-refractivity contribution in [2.75, 3.05) is 13.4 Å². The second kappa shape index (κ2) is 6.83. The highest BCUT2D eigenvalue weighted by molar-refractivity contribution is 5.85. The molecule has 0 spiro atoms. The van der Waals surface area contributed by atoms with Gasteiger partial charge in [-0.05, 0) is 31.5 Å². The summed E-state index contributed by atoms with van der Waals surface area (Å²) < 4.78 is 15.2. The molecule has 1 aliphatic heterocycles. The molecule has 0 aliphatic carbocycles. The van der Waals surface area contributed by atoms with E-state index in [-0.39, 0.29) is 19.3 Å². The van der Waals surface area contributed by atoms with Gasteiger partial charge in [0.1, 0.15) is 6.04 Å². The monoisotopic (exact) mass is 294 g/mol. The van der Waals surface area contributed by atoms with Gasteiger partial charge in [-0.1, -0.05) is 6.07 Å². The van der Waals surface area contributed by atoms with Crippen LogP contribution in [-0.2, 0) is 16.1 Å². The Kier molecular flexibility index (Phi) is 4.86. The van der Waals surface area contributed by atoms with Crippen molar-refractivity contribution in [3.8, 4) is 11.5 Å². The van der Waals surface area contributed by atoms with Crippen LogP contribution in [0.25, 0.3) is 0 Å². The van der Waals surface area contributed by atoms with Crippen molar-refractivity contribution in [3.05, 3.63) is 23.8 Å². The van der Waals surface area contributed by atoms with Crippen LogP contribution in [0.3, 0.4) is 0 Å². The lowest BCUT2D eigenvalue weighted by molar-refractivity contribution is -0.122. The van der Waals surface area contributed by atoms with Crippen LogP contribution in [-0.4, -0.2) is 31.4 Å². The maximum absolute atomic E-state index is 11.9. The molecule has 2 rings (SSSR count). The van der Waals surface area contributed by atoms with Crippen LogP contribution in [0, 0.1) is 0 Å². The SMILES string of the molecule is CCOC(=O)N[C@@H](C)C(=O)NCc1ccc2c(c1)OCO2. The maximum Gasteiger partial charge on any atom is 0.407 e. The normalized spacial score (nSPS) is 13.4. The van der Waals surface area contributed by atoms with E-state index in [2.05, 4.69) is 10.6 Å². The van der Waals surface area contributed by atoms with Crippen molar-refractivity contribution in [3.63, 3.8) is 0 Å². The Bertz CT molecular complexity index is 532. The highest BCUT2D eigenvalue weighted by Crippen LogP contribution is 2.32. The summed E-state index contributed by atoms with van der Waals surface area (Å²) in [6, 6.07) is 4.78. The van der Waals surface area contributed by atoms with Crippen LogP contribution in [0.15, 0.2) is 18.2 Å². The van der Waals surface area contributed by atoms with E-state index in [0.29, 0.717) is 18.0 Å². The van der Waals surface area contributed by atoms with Gasteiger partial charge >= 0.3 is 6.09 Å². The summed E-state index contributed by atoms with van der Waals surface area (Å²) in [6.07, 6.45) is -0.608. The lowest BCUT2D eigenvalue weighted by Crippen LogP contribution is -2.44. The van der Waals surface area contributed by atoms with Crippen LogP contribution in [0.1, 0.15) is 19.4 Å². The first kappa shape index (κ1) is 15.0. The molecule has 2 N–H and O–H groups in total. The van der Waals surface area contributed by atoms with Crippen molar-refractivity contribution in [2.24, 2.45) is 0 Å². The minimum absolute atomic E-state index is 0.214. The highest BCUT2D eigenvalue weighted by Gasteiger charge is 2.17. The third kappa shape index (κ3) is 4.01. The number of ether oxygens (including phenoxy) is 3. The van der Waals surface area contributed by atoms with Crippen LogP contribution >= 0.6 is 0 Å². The van der Waals surface area contributed by atoms with Gasteiger partial charge < -0.3 is 24.8 Å². The smallest absolute Gasteiger partial charge is 0.407 e. The Morgan fingerprint density at radius 2 is 2.10 bits per heavy atom. The molecule has 1 aromatic rings. The molecule has 0 bridgehead atoms. The number of carbonyl (C=O) groups excluding carboxylic acids is 2. The molecule has 0 fully saturated rings. The molecule has 0 unspecified atom stereocenters. The van der Waals surface area contributed by atoms with Gasteiger partial charge in [0.05, 0.1) is 6.61 Å². The van der Waals surface area contributed by atoms with Gasteiger partial charge in [-0.15, -0.1) is 0 Å². The van der Waals surface area contributed by atoms with E-state index in [1.807, 2.05) is 12.1 Å². The number of hydrogen-bond donors (Lipinski definition) is 2. The number of amides is 2. The van der Waals surface area contributed by atoms with Gasteiger partial charge in [0.2, 0.25) is 12.7 Å². The van der Waals surface area contributed by atoms with Crippen LogP contribution < -0.4 is 20.1 Å². The number of carbonyl (C=O) groups is 2. The van der Waals surface area contributed by atoms with Gasteiger partial charge in [0.15, 0.2) is 11.5 Å². The third-order valence-corrected chi connectivity index (χ3v) is 2.91. The zero-order valence-corrected chi connectivity index (χ0v) is 12.0. The lowest BCUT2D eigenvalue weighted by Gasteiger charge is -2.13. The van der Waals surface area contributed by atoms with Gasteiger partial charge in [-0.25, -0.2) is 4.79 Å². The number of alkyl carbamates (subject to hydrolysis) is 1. The molecule has 0 saturated carbocycles. The average Bonchev–Trinajstić information content (AvgIpc) is 2.92. The first-order valence-electron chi connectivity index (χ1n) is 6.69. The molecule has 0 radical (unpaired) electrons. The first-order chi connectivity index (χ1) is 10.1. The number of fused-ring (bicyclic) bond motifs is 1. The van der Waals surface area contributed by atoms with Crippen molar-refractivity contribution in [1.29, 1.82) is 0 Å². The van der Waals surface area contributed by atoms with Crippen LogP contribution in [0.5, 0.6) is 11.5 Å². The number of hydrogen-bond acceptors (Lipinski definition) is 5. The summed E-state index contributed by atoms with van der Waals surface area (Å²) in [5, 5.41) is 5.17. The summed E-state index contributed by atoms with van der Waals surface area (Å²) >= 11 is 0. The zero-order chi connectivity index (χ0) is 15.2. The minimum atomic E-state index is -0.668. The van der Waals surface area contributed by atoms with E-state index in [4.69, 9.17) is 14.2 Å². The second-order valence-corrected chi connectivity index (χ2v) is 4.49. The molecular weight excluding hydrogens is 276 g/mol. The predicted molar refractivity (Wildman–Crippen MR) is 74.0 cm³/mol. The lowest BCUT2D eigenvalue weighted by atomic mass is 10.2. The molecule has 7 heteroatoms. The number of benzene rings is 1. The van der Waals surface area contributed by atoms with E-state index in [1.54, 1.807) is 19.9 Å². The molecule has 2 amide bonds. The van der Waals surface area contributed by atoms with E-state index in [9.17, 15) is 9.59 Å². The molecule has 1 aliphatic rings. The largest absolute Gasteiger partial charge is 0.454 e. The summed E-state index contributed by atoms with van der Waals surface area (Å²) in [5.41, 5.74) is 0.885. The standard InChI is InChI=1S/C14H18N2O5/c1-3-19-14(18)16-9(2)13(17)15-7-10-4-5-11-12(6-10)21-8-20-11/h4-6,9H,3,7-8H2,1-2H3,(H,15,17)(H,16,18)/t9-/m0/s1. The third-order valence-electron chi connectivity index (χ3n) is 2.91. The molecule has 21 heavy (non-hydrogen) atoms. The Balaban J connectivity index is 1.82. The Morgan fingerprint density at radius 3 is 2.86 bits per heavy atom. The summed E-state index contributed by atoms with van der Waals surface area (Å²) in [7, 11) is 0. The first-order valence-corrected chi connectivity index (χ1v) is 6.69. The average molecular weight is 294 g/mol. The molecule has 1 atom stereocenters. The van der Waals surface area contributed by atoms with Crippen molar-refractivity contribution >= 4 is 12.0 Å². The van der Waals surface area contributed by atoms with Gasteiger partial charge in [0, 0.05) is 6.54 Å². The van der Waals surface area contributed by atoms with E-state index < -0.39 is 12.1 Å². The fourth-order valence-corrected chi connectivity index (χ4v) is 1.81. The van der Waals surface area contributed by atoms with E-state index >= 15 is 0 Å². The Morgan fingerprint density at radius 1 is 1.33 bits per heavy atom. The second-order valence-electron chi connectivity index (χ2n) is 4.49. The topological polar surface area (TPSA) is 85.9 Å². The quantitative estimate of drug-likeness (QED) is 0.851. The molecule has 1 heterocycles. The molecule has 7 nitrogen and oxygen atoms in total. The summed E-state index contributed by atoms with van der Waals surface area (Å²) in [4.78, 5) is 23.1. The molecule has 0 saturated heterocycles. The van der Waals surface area contributed by atoms with E-state index in [0.717, 1.165) is 5.56 Å². The summed E-state index contributed by atoms with van der Waals surface area (Å²) in [6.45, 7) is 4.10. The zero-order valence-electron chi connectivity index (χ0n) is 12.0. The van der Waals surface area contributed by atoms with Crippen molar-refractivity contribution in [2.45, 2.75) is 26.4 Å². The van der Waals surface area contributed by atoms with Crippen molar-refractivity contribution in [1.82, 2.24) is 10.6 Å². The van der Waals surface area contributed by atoms with E-state index in [1.165, 1.54) is 0 Å². The van der Waals surface area contributed by atoms with Crippen molar-refractivity contribution < 1.29 is 23.8 Å². The van der Waals surface area contributed by atoms with Gasteiger partial charge in [-0.2, -0.15) is 0 Å². The molecule has 1 aromatic carbocycles. The predicted octanol–water partition coefficient (Wildman–Crippen LogP) is 1.17. The van der Waals surface area contributed by atoms with Crippen LogP contribution in [0.2, 0.25) is 0 Å². The number of nitrogens with one attached hydrogen (secondary N) is 2. The Hall–Kier alpha value is -2.44. The highest BCUT2D eigenvalue weighted by atomic mass is 16.7. The fraction of sp³-hybridized carbons (Fsp3) is 0.429. The molecule has 0 aromatic heterocycles. The Labute approximate surface area is 122 Å². The number of rotatable bonds is 5. The maximum atomic E-state index is 11.9. The minimum Gasteiger partial charge on any atom is -0.454 e. The molecule has 114 valence electrons. The van der Waals surface area contributed by atoms with Gasteiger partial charge in [-0.3, -0.25) is 4.79 Å². The van der Waals surface area contributed by atoms with Crippen LogP contribution in [0.4, 0.5) is 4.79 Å². The fourth-order valence-electron chi connectivity index (χ4n) is 1.81.